The molecule has 0 aliphatic rings. The number of carbonyl (C=O) groups is 1. The molecule has 0 aliphatic carbocycles. The monoisotopic (exact) mass is 363 g/mol. The van der Waals surface area contributed by atoms with Crippen LogP contribution in [0.4, 0.5) is 0 Å². The number of carbonyl (C=O) groups excluding carboxylic acids is 1. The van der Waals surface area contributed by atoms with Gasteiger partial charge in [-0.3, -0.25) is 0 Å². The van der Waals surface area contributed by atoms with E-state index in [4.69, 9.17) is 14.2 Å². The lowest BCUT2D eigenvalue weighted by Crippen LogP contribution is -2.22. The van der Waals surface area contributed by atoms with Crippen molar-refractivity contribution in [2.24, 2.45) is 0 Å². The Morgan fingerprint density at radius 1 is 1.20 bits per heavy atom. The van der Waals surface area contributed by atoms with Crippen molar-refractivity contribution in [3.05, 3.63) is 30.0 Å². The second-order valence-corrected chi connectivity index (χ2v) is 12.5. The highest BCUT2D eigenvalue weighted by Crippen LogP contribution is 2.25. The lowest BCUT2D eigenvalue weighted by Gasteiger charge is -2.14. The summed E-state index contributed by atoms with van der Waals surface area (Å²) < 4.78 is 15.7. The van der Waals surface area contributed by atoms with Crippen LogP contribution < -0.4 is 4.74 Å². The summed E-state index contributed by atoms with van der Waals surface area (Å²) in [5, 5.41) is 8.62. The molecule has 136 valence electrons. The first-order valence-corrected chi connectivity index (χ1v) is 11.8. The fourth-order valence-corrected chi connectivity index (χ4v) is 2.89. The van der Waals surface area contributed by atoms with Gasteiger partial charge in [0, 0.05) is 20.2 Å². The van der Waals surface area contributed by atoms with Crippen LogP contribution in [0.1, 0.15) is 10.5 Å². The molecule has 0 fully saturated rings. The van der Waals surface area contributed by atoms with Gasteiger partial charge in [0.15, 0.2) is 12.4 Å². The van der Waals surface area contributed by atoms with E-state index in [0.717, 1.165) is 11.6 Å². The van der Waals surface area contributed by atoms with Crippen LogP contribution in [-0.4, -0.2) is 49.9 Å². The van der Waals surface area contributed by atoms with Crippen molar-refractivity contribution in [2.45, 2.75) is 32.4 Å². The van der Waals surface area contributed by atoms with Crippen LogP contribution in [0, 0.1) is 0 Å². The highest BCUT2D eigenvalue weighted by molar-refractivity contribution is 6.76. The van der Waals surface area contributed by atoms with E-state index in [1.54, 1.807) is 13.2 Å². The van der Waals surface area contributed by atoms with Gasteiger partial charge in [-0.15, -0.1) is 5.10 Å². The predicted molar refractivity (Wildman–Crippen MR) is 97.5 cm³/mol. The molecule has 8 heteroatoms. The van der Waals surface area contributed by atoms with Gasteiger partial charge in [-0.25, -0.2) is 4.79 Å². The molecule has 0 bridgehead atoms. The van der Waals surface area contributed by atoms with E-state index in [0.29, 0.717) is 18.1 Å². The Kier molecular flexibility index (Phi) is 6.32. The molecule has 0 saturated heterocycles. The number of nitrogens with zero attached hydrogens (tertiary/aromatic N) is 3. The van der Waals surface area contributed by atoms with E-state index in [9.17, 15) is 4.79 Å². The molecular formula is C17H25N3O4Si. The molecule has 0 atom stereocenters. The number of methoxy groups -OCH3 is 2. The van der Waals surface area contributed by atoms with Crippen molar-refractivity contribution in [1.82, 2.24) is 15.0 Å². The van der Waals surface area contributed by atoms with E-state index < -0.39 is 14.0 Å². The number of ether oxygens (including phenoxy) is 3. The van der Waals surface area contributed by atoms with Crippen molar-refractivity contribution >= 4 is 14.0 Å². The van der Waals surface area contributed by atoms with Crippen LogP contribution in [0.25, 0.3) is 11.3 Å². The van der Waals surface area contributed by atoms with Gasteiger partial charge in [0.2, 0.25) is 0 Å². The molecule has 1 aromatic carbocycles. The Balaban J connectivity index is 2.20. The molecule has 0 radical (unpaired) electrons. The Morgan fingerprint density at radius 3 is 2.60 bits per heavy atom. The van der Waals surface area contributed by atoms with Gasteiger partial charge in [0.25, 0.3) is 0 Å². The number of rotatable bonds is 8. The third-order valence-corrected chi connectivity index (χ3v) is 5.28. The van der Waals surface area contributed by atoms with Gasteiger partial charge < -0.3 is 14.2 Å². The van der Waals surface area contributed by atoms with Crippen molar-refractivity contribution in [1.29, 1.82) is 0 Å². The number of hydrogen-bond acceptors (Lipinski definition) is 6. The summed E-state index contributed by atoms with van der Waals surface area (Å²) >= 11 is 0. The fourth-order valence-electron chi connectivity index (χ4n) is 2.13. The second-order valence-electron chi connectivity index (χ2n) is 6.84. The van der Waals surface area contributed by atoms with Crippen LogP contribution in [0.15, 0.2) is 24.3 Å². The fraction of sp³-hybridized carbons (Fsp3) is 0.471. The van der Waals surface area contributed by atoms with Gasteiger partial charge in [0.05, 0.1) is 14.2 Å². The maximum Gasteiger partial charge on any atom is 0.360 e. The molecule has 0 amide bonds. The minimum atomic E-state index is -1.15. The maximum atomic E-state index is 12.0. The van der Waals surface area contributed by atoms with Gasteiger partial charge in [-0.2, -0.15) is 9.90 Å². The first-order chi connectivity index (χ1) is 11.8. The number of aromatic nitrogens is 3. The third kappa shape index (κ3) is 5.40. The summed E-state index contributed by atoms with van der Waals surface area (Å²) in [6.07, 6.45) is 0. The molecule has 1 heterocycles. The van der Waals surface area contributed by atoms with Crippen molar-refractivity contribution < 1.29 is 19.0 Å². The summed E-state index contributed by atoms with van der Waals surface area (Å²) in [6.45, 7) is 7.72. The van der Waals surface area contributed by atoms with Gasteiger partial charge >= 0.3 is 5.97 Å². The molecule has 25 heavy (non-hydrogen) atoms. The Hall–Kier alpha value is -2.19. The Morgan fingerprint density at radius 2 is 1.96 bits per heavy atom. The zero-order valence-corrected chi connectivity index (χ0v) is 16.4. The minimum absolute atomic E-state index is 0.157. The smallest absolute Gasteiger partial charge is 0.360 e. The van der Waals surface area contributed by atoms with Crippen LogP contribution in [0.3, 0.4) is 0 Å². The second kappa shape index (κ2) is 8.26. The van der Waals surface area contributed by atoms with Crippen LogP contribution in [-0.2, 0) is 16.2 Å². The Labute approximate surface area is 148 Å². The molecule has 2 rings (SSSR count). The number of esters is 1. The Bertz CT molecular complexity index is 725. The van der Waals surface area contributed by atoms with Crippen molar-refractivity contribution in [2.75, 3.05) is 20.8 Å². The SMILES string of the molecule is COC(=O)c1nn(COCC[Si](C)(C)C)nc1-c1cccc(OC)c1. The lowest BCUT2D eigenvalue weighted by atomic mass is 10.1. The minimum Gasteiger partial charge on any atom is -0.497 e. The molecule has 1 aromatic heterocycles. The molecule has 2 aromatic rings. The highest BCUT2D eigenvalue weighted by atomic mass is 28.3. The largest absolute Gasteiger partial charge is 0.497 e. The zero-order valence-electron chi connectivity index (χ0n) is 15.4. The average Bonchev–Trinajstić information content (AvgIpc) is 3.01. The molecule has 0 spiro atoms. The molecule has 0 unspecified atom stereocenters. The first kappa shape index (κ1) is 19.1. The summed E-state index contributed by atoms with van der Waals surface area (Å²) in [6, 6.07) is 8.35. The van der Waals surface area contributed by atoms with Gasteiger partial charge in [-0.05, 0) is 18.2 Å². The summed E-state index contributed by atoms with van der Waals surface area (Å²) in [5.74, 6) is 0.139. The first-order valence-electron chi connectivity index (χ1n) is 8.09. The molecule has 0 N–H and O–H groups in total. The molecule has 0 saturated carbocycles. The quantitative estimate of drug-likeness (QED) is 0.408. The zero-order chi connectivity index (χ0) is 18.4. The molecule has 7 nitrogen and oxygen atoms in total. The van der Waals surface area contributed by atoms with Crippen LogP contribution in [0.2, 0.25) is 25.7 Å². The molecule has 0 aliphatic heterocycles. The summed E-state index contributed by atoms with van der Waals surface area (Å²) in [7, 11) is 1.76. The van der Waals surface area contributed by atoms with Gasteiger partial charge in [-0.1, -0.05) is 31.8 Å². The van der Waals surface area contributed by atoms with E-state index in [1.165, 1.54) is 11.9 Å². The number of hydrogen-bond donors (Lipinski definition) is 0. The average molecular weight is 363 g/mol. The van der Waals surface area contributed by atoms with E-state index >= 15 is 0 Å². The highest BCUT2D eigenvalue weighted by Gasteiger charge is 2.21. The summed E-state index contributed by atoms with van der Waals surface area (Å²) in [4.78, 5) is 13.4. The molecular weight excluding hydrogens is 338 g/mol. The van der Waals surface area contributed by atoms with E-state index in [-0.39, 0.29) is 12.4 Å². The predicted octanol–water partition coefficient (Wildman–Crippen LogP) is 3.05. The van der Waals surface area contributed by atoms with Gasteiger partial charge in [0.1, 0.15) is 11.4 Å². The standard InChI is InChI=1S/C17H25N3O4Si/c1-22-14-8-6-7-13(11-14)15-16(17(21)23-2)19-20(18-15)12-24-9-10-25(3,4)5/h6-8,11H,9-10,12H2,1-5H3. The van der Waals surface area contributed by atoms with E-state index in [2.05, 4.69) is 29.8 Å². The summed E-state index contributed by atoms with van der Waals surface area (Å²) in [5.41, 5.74) is 1.33. The van der Waals surface area contributed by atoms with Crippen LogP contribution in [0.5, 0.6) is 5.75 Å². The topological polar surface area (TPSA) is 75.5 Å². The normalized spacial score (nSPS) is 11.4. The van der Waals surface area contributed by atoms with Crippen LogP contribution >= 0.6 is 0 Å². The third-order valence-electron chi connectivity index (χ3n) is 3.58. The maximum absolute atomic E-state index is 12.0. The van der Waals surface area contributed by atoms with Crippen molar-refractivity contribution in [3.63, 3.8) is 0 Å². The van der Waals surface area contributed by atoms with E-state index in [1.807, 2.05) is 18.2 Å². The van der Waals surface area contributed by atoms with Crippen molar-refractivity contribution in [3.8, 4) is 17.0 Å². The lowest BCUT2D eigenvalue weighted by molar-refractivity contribution is 0.0575. The number of benzene rings is 1.